The van der Waals surface area contributed by atoms with Crippen LogP contribution in [0, 0.1) is 5.82 Å². The van der Waals surface area contributed by atoms with Crippen molar-refractivity contribution < 1.29 is 18.7 Å². The molecule has 0 saturated carbocycles. The maximum absolute atomic E-state index is 13.1. The minimum absolute atomic E-state index is 0.164. The van der Waals surface area contributed by atoms with E-state index in [1.165, 1.54) is 19.2 Å². The molecule has 0 spiro atoms. The standard InChI is InChI=1S/C18H21FN4O3/c1-22-15(12-5-7-13(19)8-6-12)11-16(21-22)20-18(25)23-9-3-4-14(23)10-17(24)26-2/h5-8,11,14H,3-4,9-10H2,1-2H3,(H,20,21,25). The Bertz CT molecular complexity index is 803. The summed E-state index contributed by atoms with van der Waals surface area (Å²) >= 11 is 0. The van der Waals surface area contributed by atoms with Gasteiger partial charge in [0, 0.05) is 31.3 Å². The fraction of sp³-hybridized carbons (Fsp3) is 0.389. The third-order valence-corrected chi connectivity index (χ3v) is 4.52. The number of amides is 2. The molecule has 1 aromatic heterocycles. The van der Waals surface area contributed by atoms with E-state index >= 15 is 0 Å². The van der Waals surface area contributed by atoms with E-state index in [0.29, 0.717) is 12.4 Å². The summed E-state index contributed by atoms with van der Waals surface area (Å²) in [6.07, 6.45) is 1.80. The first-order valence-electron chi connectivity index (χ1n) is 8.42. The van der Waals surface area contributed by atoms with Gasteiger partial charge >= 0.3 is 12.0 Å². The molecule has 1 saturated heterocycles. The molecule has 3 rings (SSSR count). The third kappa shape index (κ3) is 3.84. The van der Waals surface area contributed by atoms with E-state index in [0.717, 1.165) is 24.1 Å². The first-order chi connectivity index (χ1) is 12.5. The van der Waals surface area contributed by atoms with Gasteiger partial charge in [0.15, 0.2) is 5.82 Å². The van der Waals surface area contributed by atoms with Crippen molar-refractivity contribution in [1.29, 1.82) is 0 Å². The van der Waals surface area contributed by atoms with Crippen LogP contribution < -0.4 is 5.32 Å². The highest BCUT2D eigenvalue weighted by Crippen LogP contribution is 2.24. The van der Waals surface area contributed by atoms with Gasteiger partial charge in [0.2, 0.25) is 0 Å². The number of ether oxygens (including phenoxy) is 1. The molecule has 26 heavy (non-hydrogen) atoms. The highest BCUT2D eigenvalue weighted by atomic mass is 19.1. The molecular formula is C18H21FN4O3. The number of urea groups is 1. The molecule has 2 heterocycles. The van der Waals surface area contributed by atoms with Gasteiger partial charge in [-0.2, -0.15) is 5.10 Å². The summed E-state index contributed by atoms with van der Waals surface area (Å²) in [6.45, 7) is 0.588. The lowest BCUT2D eigenvalue weighted by Gasteiger charge is -2.23. The topological polar surface area (TPSA) is 76.5 Å². The third-order valence-electron chi connectivity index (χ3n) is 4.52. The number of aromatic nitrogens is 2. The van der Waals surface area contributed by atoms with Crippen LogP contribution in [-0.2, 0) is 16.6 Å². The molecule has 138 valence electrons. The van der Waals surface area contributed by atoms with Gasteiger partial charge in [-0.05, 0) is 37.1 Å². The molecule has 1 fully saturated rings. The van der Waals surface area contributed by atoms with E-state index < -0.39 is 0 Å². The average molecular weight is 360 g/mol. The Morgan fingerprint density at radius 3 is 2.77 bits per heavy atom. The van der Waals surface area contributed by atoms with Crippen molar-refractivity contribution in [3.05, 3.63) is 36.1 Å². The van der Waals surface area contributed by atoms with Crippen LogP contribution in [0.15, 0.2) is 30.3 Å². The normalized spacial score (nSPS) is 16.6. The number of benzene rings is 1. The summed E-state index contributed by atoms with van der Waals surface area (Å²) in [5.74, 6) is -0.234. The first-order valence-corrected chi connectivity index (χ1v) is 8.42. The lowest BCUT2D eigenvalue weighted by atomic mass is 10.1. The minimum atomic E-state index is -0.328. The SMILES string of the molecule is COC(=O)CC1CCCN1C(=O)Nc1cc(-c2ccc(F)cc2)n(C)n1. The Balaban J connectivity index is 1.71. The number of carbonyl (C=O) groups is 2. The van der Waals surface area contributed by atoms with Crippen molar-refractivity contribution in [2.45, 2.75) is 25.3 Å². The zero-order valence-electron chi connectivity index (χ0n) is 14.7. The number of hydrogen-bond acceptors (Lipinski definition) is 4. The Morgan fingerprint density at radius 2 is 2.08 bits per heavy atom. The van der Waals surface area contributed by atoms with Crippen LogP contribution in [0.4, 0.5) is 15.0 Å². The number of nitrogens with zero attached hydrogens (tertiary/aromatic N) is 3. The number of halogens is 1. The van der Waals surface area contributed by atoms with E-state index in [1.807, 2.05) is 0 Å². The summed E-state index contributed by atoms with van der Waals surface area (Å²) in [5.41, 5.74) is 1.56. The summed E-state index contributed by atoms with van der Waals surface area (Å²) in [4.78, 5) is 25.7. The Labute approximate surface area is 150 Å². The molecule has 0 radical (unpaired) electrons. The quantitative estimate of drug-likeness (QED) is 0.851. The number of nitrogens with one attached hydrogen (secondary N) is 1. The minimum Gasteiger partial charge on any atom is -0.469 e. The van der Waals surface area contributed by atoms with Crippen molar-refractivity contribution in [1.82, 2.24) is 14.7 Å². The summed E-state index contributed by atoms with van der Waals surface area (Å²) in [6, 6.07) is 7.35. The van der Waals surface area contributed by atoms with E-state index in [4.69, 9.17) is 4.74 Å². The molecule has 2 aromatic rings. The van der Waals surface area contributed by atoms with E-state index in [-0.39, 0.29) is 30.3 Å². The van der Waals surface area contributed by atoms with Gasteiger partial charge in [0.05, 0.1) is 19.2 Å². The zero-order chi connectivity index (χ0) is 18.7. The Morgan fingerprint density at radius 1 is 1.35 bits per heavy atom. The summed E-state index contributed by atoms with van der Waals surface area (Å²) in [7, 11) is 3.09. The number of esters is 1. The van der Waals surface area contributed by atoms with Gasteiger partial charge in [0.25, 0.3) is 0 Å². The molecule has 1 atom stereocenters. The number of aryl methyl sites for hydroxylation is 1. The molecular weight excluding hydrogens is 339 g/mol. The lowest BCUT2D eigenvalue weighted by Crippen LogP contribution is -2.40. The maximum atomic E-state index is 13.1. The maximum Gasteiger partial charge on any atom is 0.323 e. The molecule has 0 bridgehead atoms. The van der Waals surface area contributed by atoms with E-state index in [1.54, 1.807) is 34.8 Å². The zero-order valence-corrected chi connectivity index (χ0v) is 14.7. The fourth-order valence-corrected chi connectivity index (χ4v) is 3.19. The number of likely N-dealkylation sites (tertiary alicyclic amines) is 1. The second-order valence-electron chi connectivity index (χ2n) is 6.25. The van der Waals surface area contributed by atoms with Gasteiger partial charge in [-0.1, -0.05) is 0 Å². The molecule has 7 nitrogen and oxygen atoms in total. The molecule has 1 aliphatic heterocycles. The van der Waals surface area contributed by atoms with Crippen LogP contribution in [0.1, 0.15) is 19.3 Å². The highest BCUT2D eigenvalue weighted by molar-refractivity contribution is 5.89. The van der Waals surface area contributed by atoms with Gasteiger partial charge in [-0.15, -0.1) is 0 Å². The second kappa shape index (κ2) is 7.55. The number of rotatable bonds is 4. The summed E-state index contributed by atoms with van der Waals surface area (Å²) in [5, 5.41) is 7.07. The number of anilines is 1. The monoisotopic (exact) mass is 360 g/mol. The Hall–Kier alpha value is -2.90. The first kappa shape index (κ1) is 17.9. The molecule has 0 aliphatic carbocycles. The van der Waals surface area contributed by atoms with Gasteiger partial charge in [-0.25, -0.2) is 9.18 Å². The lowest BCUT2D eigenvalue weighted by molar-refractivity contribution is -0.141. The Kier molecular flexibility index (Phi) is 5.20. The molecule has 1 aromatic carbocycles. The second-order valence-corrected chi connectivity index (χ2v) is 6.25. The molecule has 1 aliphatic rings. The molecule has 1 unspecified atom stereocenters. The van der Waals surface area contributed by atoms with E-state index in [2.05, 4.69) is 10.4 Å². The number of methoxy groups -OCH3 is 1. The van der Waals surface area contributed by atoms with Crippen molar-refractivity contribution in [3.8, 4) is 11.3 Å². The van der Waals surface area contributed by atoms with Crippen molar-refractivity contribution in [3.63, 3.8) is 0 Å². The van der Waals surface area contributed by atoms with Crippen LogP contribution in [0.25, 0.3) is 11.3 Å². The van der Waals surface area contributed by atoms with Crippen molar-refractivity contribution >= 4 is 17.8 Å². The van der Waals surface area contributed by atoms with Gasteiger partial charge in [-0.3, -0.25) is 14.8 Å². The van der Waals surface area contributed by atoms with Crippen molar-refractivity contribution in [2.75, 3.05) is 19.0 Å². The molecule has 8 heteroatoms. The smallest absolute Gasteiger partial charge is 0.323 e. The largest absolute Gasteiger partial charge is 0.469 e. The predicted octanol–water partition coefficient (Wildman–Crippen LogP) is 2.79. The van der Waals surface area contributed by atoms with Crippen LogP contribution in [-0.4, -0.2) is 46.4 Å². The predicted molar refractivity (Wildman–Crippen MR) is 94.0 cm³/mol. The van der Waals surface area contributed by atoms with E-state index in [9.17, 15) is 14.0 Å². The highest BCUT2D eigenvalue weighted by Gasteiger charge is 2.31. The van der Waals surface area contributed by atoms with Crippen LogP contribution >= 0.6 is 0 Å². The fourth-order valence-electron chi connectivity index (χ4n) is 3.19. The van der Waals surface area contributed by atoms with Crippen LogP contribution in [0.3, 0.4) is 0 Å². The number of hydrogen-bond donors (Lipinski definition) is 1. The van der Waals surface area contributed by atoms with Crippen molar-refractivity contribution in [2.24, 2.45) is 7.05 Å². The van der Waals surface area contributed by atoms with Gasteiger partial charge < -0.3 is 9.64 Å². The van der Waals surface area contributed by atoms with Crippen LogP contribution in [0.2, 0.25) is 0 Å². The van der Waals surface area contributed by atoms with Gasteiger partial charge in [0.1, 0.15) is 5.82 Å². The molecule has 2 amide bonds. The van der Waals surface area contributed by atoms with Crippen LogP contribution in [0.5, 0.6) is 0 Å². The number of carbonyl (C=O) groups excluding carboxylic acids is 2. The average Bonchev–Trinajstić information content (AvgIpc) is 3.22. The summed E-state index contributed by atoms with van der Waals surface area (Å²) < 4.78 is 19.4. The molecule has 1 N–H and O–H groups in total.